The lowest BCUT2D eigenvalue weighted by Gasteiger charge is -2.18. The van der Waals surface area contributed by atoms with Crippen LogP contribution in [0.4, 0.5) is 4.39 Å². The molecule has 0 aromatic heterocycles. The molecular weight excluding hydrogens is 251 g/mol. The molecule has 1 nitrogen and oxygen atoms in total. The Kier molecular flexibility index (Phi) is 5.50. The van der Waals surface area contributed by atoms with Gasteiger partial charge in [-0.15, -0.1) is 11.6 Å². The molecule has 1 aromatic carbocycles. The molecule has 98 valence electrons. The van der Waals surface area contributed by atoms with Crippen molar-refractivity contribution in [2.75, 3.05) is 12.5 Å². The zero-order chi connectivity index (χ0) is 13.6. The number of hydrogen-bond donors (Lipinski definition) is 0. The maximum Gasteiger partial charge on any atom is 0.142 e. The zero-order valence-corrected chi connectivity index (χ0v) is 11.8. The number of rotatable bonds is 3. The molecule has 3 heteroatoms. The van der Waals surface area contributed by atoms with Gasteiger partial charge in [-0.1, -0.05) is 32.6 Å². The lowest BCUT2D eigenvalue weighted by Crippen LogP contribution is -2.11. The molecule has 0 aliphatic rings. The van der Waals surface area contributed by atoms with Gasteiger partial charge in [-0.3, -0.25) is 0 Å². The van der Waals surface area contributed by atoms with Crippen LogP contribution in [0.3, 0.4) is 0 Å². The van der Waals surface area contributed by atoms with Gasteiger partial charge in [-0.05, 0) is 24.0 Å². The van der Waals surface area contributed by atoms with Gasteiger partial charge < -0.3 is 4.74 Å². The highest BCUT2D eigenvalue weighted by atomic mass is 35.5. The first kappa shape index (κ1) is 14.9. The van der Waals surface area contributed by atoms with Crippen LogP contribution in [0.15, 0.2) is 18.2 Å². The maximum absolute atomic E-state index is 13.6. The Hall–Kier alpha value is -1.20. The Morgan fingerprint density at radius 3 is 2.61 bits per heavy atom. The van der Waals surface area contributed by atoms with Crippen molar-refractivity contribution in [1.29, 1.82) is 0 Å². The zero-order valence-electron chi connectivity index (χ0n) is 11.0. The largest absolute Gasteiger partial charge is 0.493 e. The lowest BCUT2D eigenvalue weighted by atomic mass is 9.93. The van der Waals surface area contributed by atoms with E-state index < -0.39 is 0 Å². The van der Waals surface area contributed by atoms with Gasteiger partial charge in [0.15, 0.2) is 0 Å². The molecule has 0 saturated carbocycles. The van der Waals surface area contributed by atoms with E-state index in [1.165, 1.54) is 6.07 Å². The van der Waals surface area contributed by atoms with E-state index in [2.05, 4.69) is 32.6 Å². The summed E-state index contributed by atoms with van der Waals surface area (Å²) in [5, 5.41) is 0. The first-order chi connectivity index (χ1) is 8.42. The summed E-state index contributed by atoms with van der Waals surface area (Å²) in [5.41, 5.74) is 0.559. The Morgan fingerprint density at radius 1 is 1.33 bits per heavy atom. The maximum atomic E-state index is 13.6. The number of hydrogen-bond acceptors (Lipinski definition) is 1. The van der Waals surface area contributed by atoms with Crippen LogP contribution in [0, 0.1) is 23.1 Å². The lowest BCUT2D eigenvalue weighted by molar-refractivity contribution is 0.242. The third-order valence-corrected chi connectivity index (χ3v) is 2.48. The fraction of sp³-hybridized carbons (Fsp3) is 0.467. The molecule has 0 aliphatic heterocycles. The summed E-state index contributed by atoms with van der Waals surface area (Å²) in [4.78, 5) is 0. The van der Waals surface area contributed by atoms with E-state index >= 15 is 0 Å². The molecule has 0 radical (unpaired) electrons. The molecular formula is C15H18ClFO. The van der Waals surface area contributed by atoms with Crippen LogP contribution in [-0.2, 0) is 0 Å². The van der Waals surface area contributed by atoms with E-state index in [1.807, 2.05) is 0 Å². The summed E-state index contributed by atoms with van der Waals surface area (Å²) in [7, 11) is 0. The van der Waals surface area contributed by atoms with Gasteiger partial charge in [0.05, 0.1) is 18.1 Å². The van der Waals surface area contributed by atoms with Gasteiger partial charge in [0.25, 0.3) is 0 Å². The fourth-order valence-corrected chi connectivity index (χ4v) is 1.36. The second-order valence-electron chi connectivity index (χ2n) is 5.24. The van der Waals surface area contributed by atoms with E-state index in [0.29, 0.717) is 17.9 Å². The minimum Gasteiger partial charge on any atom is -0.493 e. The molecule has 1 rings (SSSR count). The van der Waals surface area contributed by atoms with Crippen molar-refractivity contribution in [3.05, 3.63) is 29.6 Å². The monoisotopic (exact) mass is 268 g/mol. The van der Waals surface area contributed by atoms with Crippen molar-refractivity contribution < 1.29 is 9.13 Å². The van der Waals surface area contributed by atoms with Crippen molar-refractivity contribution in [1.82, 2.24) is 0 Å². The molecule has 0 saturated heterocycles. The third kappa shape index (κ3) is 5.42. The topological polar surface area (TPSA) is 9.23 Å². The van der Waals surface area contributed by atoms with E-state index in [1.54, 1.807) is 12.1 Å². The van der Waals surface area contributed by atoms with Gasteiger partial charge in [0.2, 0.25) is 0 Å². The standard InChI is InChI=1S/C15H18ClFO/c1-15(2,3)8-10-18-13-7-6-12(5-4-9-16)14(17)11-13/h6-7,11H,8-10H2,1-3H3. The quantitative estimate of drug-likeness (QED) is 0.589. The number of ether oxygens (including phenoxy) is 1. The van der Waals surface area contributed by atoms with Crippen molar-refractivity contribution in [2.24, 2.45) is 5.41 Å². The summed E-state index contributed by atoms with van der Waals surface area (Å²) in [6.45, 7) is 7.00. The van der Waals surface area contributed by atoms with Gasteiger partial charge in [0.1, 0.15) is 11.6 Å². The van der Waals surface area contributed by atoms with Crippen LogP contribution in [0.1, 0.15) is 32.8 Å². The van der Waals surface area contributed by atoms with E-state index in [9.17, 15) is 4.39 Å². The average Bonchev–Trinajstić information content (AvgIpc) is 2.26. The summed E-state index contributed by atoms with van der Waals surface area (Å²) >= 11 is 5.43. The molecule has 0 aliphatic carbocycles. The Balaban J connectivity index is 2.62. The fourth-order valence-electron chi connectivity index (χ4n) is 1.29. The van der Waals surface area contributed by atoms with Crippen LogP contribution in [0.25, 0.3) is 0 Å². The molecule has 0 fully saturated rings. The van der Waals surface area contributed by atoms with Crippen molar-refractivity contribution >= 4 is 11.6 Å². The van der Waals surface area contributed by atoms with Crippen LogP contribution in [0.2, 0.25) is 0 Å². The highest BCUT2D eigenvalue weighted by Gasteiger charge is 2.10. The molecule has 1 aromatic rings. The molecule has 0 spiro atoms. The molecule has 18 heavy (non-hydrogen) atoms. The van der Waals surface area contributed by atoms with E-state index in [0.717, 1.165) is 6.42 Å². The predicted octanol–water partition coefficient (Wildman–Crippen LogP) is 4.23. The summed E-state index contributed by atoms with van der Waals surface area (Å²) in [6, 6.07) is 4.70. The average molecular weight is 269 g/mol. The number of alkyl halides is 1. The predicted molar refractivity (Wildman–Crippen MR) is 73.6 cm³/mol. The highest BCUT2D eigenvalue weighted by Crippen LogP contribution is 2.20. The van der Waals surface area contributed by atoms with Crippen LogP contribution in [-0.4, -0.2) is 12.5 Å². The van der Waals surface area contributed by atoms with Gasteiger partial charge in [-0.2, -0.15) is 0 Å². The minimum absolute atomic E-state index is 0.198. The summed E-state index contributed by atoms with van der Waals surface area (Å²) in [5.74, 6) is 5.64. The van der Waals surface area contributed by atoms with Crippen LogP contribution < -0.4 is 4.74 Å². The first-order valence-corrected chi connectivity index (χ1v) is 6.43. The Morgan fingerprint density at radius 2 is 2.06 bits per heavy atom. The second-order valence-corrected chi connectivity index (χ2v) is 5.50. The molecule has 0 N–H and O–H groups in total. The second kappa shape index (κ2) is 6.66. The molecule has 0 amide bonds. The van der Waals surface area contributed by atoms with Gasteiger partial charge >= 0.3 is 0 Å². The highest BCUT2D eigenvalue weighted by molar-refractivity contribution is 6.19. The molecule has 0 atom stereocenters. The summed E-state index contributed by atoms with van der Waals surface area (Å²) < 4.78 is 19.1. The van der Waals surface area contributed by atoms with Crippen molar-refractivity contribution in [2.45, 2.75) is 27.2 Å². The van der Waals surface area contributed by atoms with Crippen LogP contribution >= 0.6 is 11.6 Å². The summed E-state index contributed by atoms with van der Waals surface area (Å²) in [6.07, 6.45) is 0.919. The Bertz CT molecular complexity index is 452. The number of halogens is 2. The Labute approximate surface area is 113 Å². The minimum atomic E-state index is -0.374. The molecule has 0 unspecified atom stereocenters. The number of benzene rings is 1. The third-order valence-electron chi connectivity index (χ3n) is 2.35. The van der Waals surface area contributed by atoms with E-state index in [-0.39, 0.29) is 17.1 Å². The van der Waals surface area contributed by atoms with Crippen LogP contribution in [0.5, 0.6) is 5.75 Å². The van der Waals surface area contributed by atoms with Crippen molar-refractivity contribution in [3.63, 3.8) is 0 Å². The molecule has 0 heterocycles. The van der Waals surface area contributed by atoms with Crippen molar-refractivity contribution in [3.8, 4) is 17.6 Å². The molecule has 0 bridgehead atoms. The van der Waals surface area contributed by atoms with E-state index in [4.69, 9.17) is 16.3 Å². The smallest absolute Gasteiger partial charge is 0.142 e. The SMILES string of the molecule is CC(C)(C)CCOc1ccc(C#CCCl)c(F)c1. The van der Waals surface area contributed by atoms with Gasteiger partial charge in [0, 0.05) is 6.07 Å². The normalized spacial score (nSPS) is 10.7. The van der Waals surface area contributed by atoms with Gasteiger partial charge in [-0.25, -0.2) is 4.39 Å². The first-order valence-electron chi connectivity index (χ1n) is 5.89.